The number of piperidine rings is 1. The van der Waals surface area contributed by atoms with E-state index in [0.29, 0.717) is 29.1 Å². The lowest BCUT2D eigenvalue weighted by atomic mass is 9.91. The van der Waals surface area contributed by atoms with Crippen LogP contribution in [0.1, 0.15) is 32.3 Å². The van der Waals surface area contributed by atoms with Crippen LogP contribution >= 0.6 is 0 Å². The number of hydrogen-bond acceptors (Lipinski definition) is 7. The van der Waals surface area contributed by atoms with Gasteiger partial charge in [-0.1, -0.05) is 0 Å². The maximum atomic E-state index is 9.44. The summed E-state index contributed by atoms with van der Waals surface area (Å²) in [5.74, 6) is 1.51. The molecule has 1 aliphatic rings. The van der Waals surface area contributed by atoms with Gasteiger partial charge in [0, 0.05) is 24.2 Å². The Morgan fingerprint density at radius 2 is 2.04 bits per heavy atom. The van der Waals surface area contributed by atoms with Crippen molar-refractivity contribution >= 4 is 11.3 Å². The van der Waals surface area contributed by atoms with Crippen molar-refractivity contribution in [2.24, 2.45) is 5.73 Å². The van der Waals surface area contributed by atoms with Gasteiger partial charge in [0.05, 0.1) is 48.2 Å². The van der Waals surface area contributed by atoms with Crippen LogP contribution < -0.4 is 15.4 Å². The van der Waals surface area contributed by atoms with E-state index in [0.717, 1.165) is 37.3 Å². The number of nitrogens with two attached hydrogens (primary N) is 1. The van der Waals surface area contributed by atoms with E-state index in [1.165, 1.54) is 0 Å². The van der Waals surface area contributed by atoms with Gasteiger partial charge in [-0.05, 0) is 32.8 Å². The SMILES string of the molecule is CCOc1cc(-c2cnc(N3CCC(C)(N)CC3)cn2)c2c(C#N)cnn2c1. The Morgan fingerprint density at radius 3 is 2.68 bits per heavy atom. The zero-order valence-corrected chi connectivity index (χ0v) is 16.1. The number of pyridine rings is 1. The van der Waals surface area contributed by atoms with E-state index in [9.17, 15) is 5.26 Å². The van der Waals surface area contributed by atoms with Crippen LogP contribution in [0.15, 0.2) is 30.9 Å². The smallest absolute Gasteiger partial charge is 0.147 e. The molecule has 0 amide bonds. The Labute approximate surface area is 163 Å². The third-order valence-corrected chi connectivity index (χ3v) is 5.16. The van der Waals surface area contributed by atoms with E-state index in [1.54, 1.807) is 29.3 Å². The van der Waals surface area contributed by atoms with Gasteiger partial charge in [-0.3, -0.25) is 4.98 Å². The molecule has 144 valence electrons. The first kappa shape index (κ1) is 18.2. The minimum atomic E-state index is -0.106. The highest BCUT2D eigenvalue weighted by Gasteiger charge is 2.26. The van der Waals surface area contributed by atoms with Crippen molar-refractivity contribution in [3.63, 3.8) is 0 Å². The molecule has 0 spiro atoms. The van der Waals surface area contributed by atoms with Gasteiger partial charge in [-0.2, -0.15) is 10.4 Å². The van der Waals surface area contributed by atoms with E-state index >= 15 is 0 Å². The molecule has 4 heterocycles. The van der Waals surface area contributed by atoms with Crippen LogP contribution in [0.25, 0.3) is 16.8 Å². The molecule has 1 fully saturated rings. The summed E-state index contributed by atoms with van der Waals surface area (Å²) >= 11 is 0. The Kier molecular flexibility index (Phi) is 4.61. The van der Waals surface area contributed by atoms with Crippen LogP contribution in [-0.2, 0) is 0 Å². The fourth-order valence-corrected chi connectivity index (χ4v) is 3.49. The second kappa shape index (κ2) is 7.09. The zero-order chi connectivity index (χ0) is 19.7. The highest BCUT2D eigenvalue weighted by molar-refractivity contribution is 5.83. The monoisotopic (exact) mass is 377 g/mol. The number of hydrogen-bond donors (Lipinski definition) is 1. The largest absolute Gasteiger partial charge is 0.492 e. The number of rotatable bonds is 4. The maximum absolute atomic E-state index is 9.44. The zero-order valence-electron chi connectivity index (χ0n) is 16.1. The molecule has 1 saturated heterocycles. The molecule has 2 N–H and O–H groups in total. The molecule has 0 saturated carbocycles. The number of nitrogens with zero attached hydrogens (tertiary/aromatic N) is 6. The average Bonchev–Trinajstić information content (AvgIpc) is 3.11. The lowest BCUT2D eigenvalue weighted by Gasteiger charge is -2.37. The molecular weight excluding hydrogens is 354 g/mol. The van der Waals surface area contributed by atoms with E-state index < -0.39 is 0 Å². The summed E-state index contributed by atoms with van der Waals surface area (Å²) in [5.41, 5.74) is 8.74. The first-order valence-corrected chi connectivity index (χ1v) is 9.41. The summed E-state index contributed by atoms with van der Waals surface area (Å²) in [4.78, 5) is 11.4. The van der Waals surface area contributed by atoms with Gasteiger partial charge in [0.15, 0.2) is 0 Å². The lowest BCUT2D eigenvalue weighted by molar-refractivity contribution is 0.338. The molecule has 3 aromatic heterocycles. The van der Waals surface area contributed by atoms with Gasteiger partial charge >= 0.3 is 0 Å². The Bertz CT molecular complexity index is 1020. The van der Waals surface area contributed by atoms with Crippen LogP contribution in [0.3, 0.4) is 0 Å². The number of fused-ring (bicyclic) bond motifs is 1. The topological polar surface area (TPSA) is 105 Å². The minimum Gasteiger partial charge on any atom is -0.492 e. The first-order chi connectivity index (χ1) is 13.5. The molecule has 28 heavy (non-hydrogen) atoms. The van der Waals surface area contributed by atoms with Gasteiger partial charge in [-0.15, -0.1) is 0 Å². The number of aromatic nitrogens is 4. The minimum absolute atomic E-state index is 0.106. The van der Waals surface area contributed by atoms with Gasteiger partial charge in [0.25, 0.3) is 0 Å². The molecule has 1 aliphatic heterocycles. The summed E-state index contributed by atoms with van der Waals surface area (Å²) in [6.45, 7) is 6.29. The summed E-state index contributed by atoms with van der Waals surface area (Å²) in [7, 11) is 0. The van der Waals surface area contributed by atoms with Crippen molar-refractivity contribution in [3.8, 4) is 23.1 Å². The normalized spacial score (nSPS) is 16.1. The third-order valence-electron chi connectivity index (χ3n) is 5.16. The van der Waals surface area contributed by atoms with Gasteiger partial charge in [0.1, 0.15) is 17.6 Å². The van der Waals surface area contributed by atoms with Crippen LogP contribution in [0.2, 0.25) is 0 Å². The fourth-order valence-electron chi connectivity index (χ4n) is 3.49. The van der Waals surface area contributed by atoms with E-state index in [-0.39, 0.29) is 5.54 Å². The van der Waals surface area contributed by atoms with Crippen molar-refractivity contribution in [2.45, 2.75) is 32.2 Å². The Morgan fingerprint density at radius 1 is 1.25 bits per heavy atom. The highest BCUT2D eigenvalue weighted by atomic mass is 16.5. The van der Waals surface area contributed by atoms with E-state index in [2.05, 4.69) is 33.0 Å². The molecule has 0 aromatic carbocycles. The van der Waals surface area contributed by atoms with Crippen LogP contribution in [0, 0.1) is 11.3 Å². The van der Waals surface area contributed by atoms with Crippen molar-refractivity contribution in [1.29, 1.82) is 5.26 Å². The van der Waals surface area contributed by atoms with Crippen LogP contribution in [0.4, 0.5) is 5.82 Å². The predicted octanol–water partition coefficient (Wildman–Crippen LogP) is 2.38. The Balaban J connectivity index is 1.70. The first-order valence-electron chi connectivity index (χ1n) is 9.41. The molecule has 0 unspecified atom stereocenters. The van der Waals surface area contributed by atoms with E-state index in [1.807, 2.05) is 13.0 Å². The van der Waals surface area contributed by atoms with E-state index in [4.69, 9.17) is 10.5 Å². The van der Waals surface area contributed by atoms with Crippen molar-refractivity contribution < 1.29 is 4.74 Å². The number of ether oxygens (including phenoxy) is 1. The molecule has 8 nitrogen and oxygen atoms in total. The molecule has 4 rings (SSSR count). The summed E-state index contributed by atoms with van der Waals surface area (Å²) < 4.78 is 7.30. The predicted molar refractivity (Wildman–Crippen MR) is 106 cm³/mol. The quantitative estimate of drug-likeness (QED) is 0.744. The maximum Gasteiger partial charge on any atom is 0.147 e. The highest BCUT2D eigenvalue weighted by Crippen LogP contribution is 2.30. The molecule has 3 aromatic rings. The molecule has 0 atom stereocenters. The van der Waals surface area contributed by atoms with Crippen LogP contribution in [-0.4, -0.2) is 44.8 Å². The van der Waals surface area contributed by atoms with Gasteiger partial charge in [-0.25, -0.2) is 9.50 Å². The number of nitriles is 1. The fraction of sp³-hybridized carbons (Fsp3) is 0.400. The van der Waals surface area contributed by atoms with Gasteiger partial charge in [0.2, 0.25) is 0 Å². The standard InChI is InChI=1S/C20H23N7O/c1-3-28-15-8-16(19-14(9-21)10-25-27(19)13-15)17-11-24-18(12-23-17)26-6-4-20(2,22)5-7-26/h8,10-13H,3-7,22H2,1-2H3. The van der Waals surface area contributed by atoms with Crippen molar-refractivity contribution in [3.05, 3.63) is 36.4 Å². The van der Waals surface area contributed by atoms with Gasteiger partial charge < -0.3 is 15.4 Å². The van der Waals surface area contributed by atoms with Crippen LogP contribution in [0.5, 0.6) is 5.75 Å². The Hall–Kier alpha value is -3.18. The molecule has 0 aliphatic carbocycles. The van der Waals surface area contributed by atoms with Crippen molar-refractivity contribution in [2.75, 3.05) is 24.6 Å². The number of anilines is 1. The second-order valence-electron chi connectivity index (χ2n) is 7.39. The molecule has 0 bridgehead atoms. The third kappa shape index (κ3) is 3.37. The lowest BCUT2D eigenvalue weighted by Crippen LogP contribution is -2.48. The molecule has 0 radical (unpaired) electrons. The average molecular weight is 377 g/mol. The molecular formula is C20H23N7O. The second-order valence-corrected chi connectivity index (χ2v) is 7.39. The summed E-state index contributed by atoms with van der Waals surface area (Å²) in [6, 6.07) is 4.07. The van der Waals surface area contributed by atoms with Crippen molar-refractivity contribution in [1.82, 2.24) is 19.6 Å². The summed E-state index contributed by atoms with van der Waals surface area (Å²) in [6.07, 6.45) is 8.69. The molecule has 8 heteroatoms. The summed E-state index contributed by atoms with van der Waals surface area (Å²) in [5, 5.41) is 13.7.